The predicted octanol–water partition coefficient (Wildman–Crippen LogP) is 2.01. The number of hydrogen-bond donors (Lipinski definition) is 2. The Kier molecular flexibility index (Phi) is 2.18. The lowest BCUT2D eigenvalue weighted by Gasteiger charge is -1.95. The van der Waals surface area contributed by atoms with E-state index in [4.69, 9.17) is 14.7 Å². The first kappa shape index (κ1) is 9.71. The summed E-state index contributed by atoms with van der Waals surface area (Å²) in [5.41, 5.74) is 8.51. The Hall–Kier alpha value is -2.50. The van der Waals surface area contributed by atoms with Gasteiger partial charge in [-0.1, -0.05) is 5.16 Å². The van der Waals surface area contributed by atoms with Gasteiger partial charge in [0, 0.05) is 17.8 Å². The second kappa shape index (κ2) is 3.82. The average molecular weight is 230 g/mol. The minimum Gasteiger partial charge on any atom is -0.423 e. The highest BCUT2D eigenvalue weighted by Gasteiger charge is 2.06. The summed E-state index contributed by atoms with van der Waals surface area (Å²) < 4.78 is 10.2. The largest absolute Gasteiger partial charge is 0.423 e. The summed E-state index contributed by atoms with van der Waals surface area (Å²) in [6.45, 7) is 0.499. The van der Waals surface area contributed by atoms with E-state index in [2.05, 4.69) is 15.5 Å². The molecule has 3 aromatic rings. The highest BCUT2D eigenvalue weighted by molar-refractivity contribution is 5.78. The molecular formula is C11H10N4O2. The Labute approximate surface area is 96.4 Å². The summed E-state index contributed by atoms with van der Waals surface area (Å²) in [6.07, 6.45) is 1.52. The van der Waals surface area contributed by atoms with E-state index in [9.17, 15) is 0 Å². The molecule has 0 fully saturated rings. The third kappa shape index (κ3) is 1.92. The standard InChI is InChI=1S/C11H10N4O2/c12-7-1-2-9-10(5-7)17-11(14-9)13-6-8-3-4-16-15-8/h1-5H,6,12H2,(H,13,14). The smallest absolute Gasteiger partial charge is 0.296 e. The number of oxazole rings is 1. The maximum Gasteiger partial charge on any atom is 0.296 e. The number of rotatable bonds is 3. The Balaban J connectivity index is 1.81. The van der Waals surface area contributed by atoms with E-state index in [1.54, 1.807) is 18.2 Å². The van der Waals surface area contributed by atoms with Crippen LogP contribution in [0.25, 0.3) is 11.1 Å². The topological polar surface area (TPSA) is 90.1 Å². The Morgan fingerprint density at radius 2 is 2.24 bits per heavy atom. The molecule has 0 unspecified atom stereocenters. The van der Waals surface area contributed by atoms with Crippen LogP contribution in [0.15, 0.2) is 39.5 Å². The van der Waals surface area contributed by atoms with Crippen molar-refractivity contribution >= 4 is 22.8 Å². The first-order chi connectivity index (χ1) is 8.31. The van der Waals surface area contributed by atoms with Crippen molar-refractivity contribution in [3.05, 3.63) is 36.2 Å². The number of anilines is 2. The first-order valence-corrected chi connectivity index (χ1v) is 5.10. The quantitative estimate of drug-likeness (QED) is 0.669. The fourth-order valence-electron chi connectivity index (χ4n) is 1.51. The minimum atomic E-state index is 0.439. The zero-order valence-electron chi connectivity index (χ0n) is 8.88. The molecule has 0 radical (unpaired) electrons. The monoisotopic (exact) mass is 230 g/mol. The van der Waals surface area contributed by atoms with Crippen LogP contribution < -0.4 is 11.1 Å². The van der Waals surface area contributed by atoms with Crippen molar-refractivity contribution in [1.29, 1.82) is 0 Å². The Morgan fingerprint density at radius 3 is 3.06 bits per heavy atom. The van der Waals surface area contributed by atoms with Gasteiger partial charge in [0.25, 0.3) is 6.01 Å². The van der Waals surface area contributed by atoms with E-state index < -0.39 is 0 Å². The highest BCUT2D eigenvalue weighted by Crippen LogP contribution is 2.21. The number of nitrogen functional groups attached to an aromatic ring is 1. The van der Waals surface area contributed by atoms with Gasteiger partial charge in [-0.25, -0.2) is 0 Å². The molecule has 1 aromatic carbocycles. The van der Waals surface area contributed by atoms with Gasteiger partial charge >= 0.3 is 0 Å². The van der Waals surface area contributed by atoms with Gasteiger partial charge in [-0.05, 0) is 12.1 Å². The van der Waals surface area contributed by atoms with Gasteiger partial charge in [0.15, 0.2) is 5.58 Å². The summed E-state index contributed by atoms with van der Waals surface area (Å²) >= 11 is 0. The van der Waals surface area contributed by atoms with Crippen LogP contribution in [-0.2, 0) is 6.54 Å². The van der Waals surface area contributed by atoms with Gasteiger partial charge in [-0.15, -0.1) is 0 Å². The molecule has 2 heterocycles. The zero-order valence-corrected chi connectivity index (χ0v) is 8.88. The maximum atomic E-state index is 5.65. The van der Waals surface area contributed by atoms with Crippen LogP contribution in [0.1, 0.15) is 5.69 Å². The Bertz CT molecular complexity index is 630. The molecular weight excluding hydrogens is 220 g/mol. The molecule has 0 aliphatic rings. The summed E-state index contributed by atoms with van der Waals surface area (Å²) in [5.74, 6) is 0. The molecule has 0 saturated heterocycles. The Morgan fingerprint density at radius 1 is 1.29 bits per heavy atom. The van der Waals surface area contributed by atoms with Crippen molar-refractivity contribution in [2.45, 2.75) is 6.54 Å². The van der Waals surface area contributed by atoms with E-state index in [0.717, 1.165) is 11.2 Å². The molecule has 0 saturated carbocycles. The predicted molar refractivity (Wildman–Crippen MR) is 62.3 cm³/mol. The maximum absolute atomic E-state index is 5.65. The average Bonchev–Trinajstić information content (AvgIpc) is 2.94. The molecule has 0 spiro atoms. The van der Waals surface area contributed by atoms with E-state index in [1.807, 2.05) is 6.07 Å². The van der Waals surface area contributed by atoms with Gasteiger partial charge in [-0.2, -0.15) is 4.98 Å². The van der Waals surface area contributed by atoms with Crippen molar-refractivity contribution < 1.29 is 8.94 Å². The molecule has 0 aliphatic carbocycles. The number of nitrogens with two attached hydrogens (primary N) is 1. The van der Waals surface area contributed by atoms with E-state index in [-0.39, 0.29) is 0 Å². The number of nitrogens with one attached hydrogen (secondary N) is 1. The zero-order chi connectivity index (χ0) is 11.7. The van der Waals surface area contributed by atoms with Crippen LogP contribution in [0, 0.1) is 0 Å². The van der Waals surface area contributed by atoms with Crippen molar-refractivity contribution in [3.63, 3.8) is 0 Å². The first-order valence-electron chi connectivity index (χ1n) is 5.10. The van der Waals surface area contributed by atoms with E-state index in [0.29, 0.717) is 23.8 Å². The van der Waals surface area contributed by atoms with Crippen LogP contribution in [-0.4, -0.2) is 10.1 Å². The second-order valence-corrected chi connectivity index (χ2v) is 3.59. The van der Waals surface area contributed by atoms with Crippen molar-refractivity contribution in [2.24, 2.45) is 0 Å². The molecule has 0 amide bonds. The molecule has 3 rings (SSSR count). The van der Waals surface area contributed by atoms with Crippen molar-refractivity contribution in [2.75, 3.05) is 11.1 Å². The van der Waals surface area contributed by atoms with Gasteiger partial charge in [-0.3, -0.25) is 0 Å². The molecule has 86 valence electrons. The lowest BCUT2D eigenvalue weighted by atomic mass is 10.3. The molecule has 0 aliphatic heterocycles. The third-order valence-corrected chi connectivity index (χ3v) is 2.32. The van der Waals surface area contributed by atoms with Crippen LogP contribution in [0.4, 0.5) is 11.7 Å². The molecule has 6 nitrogen and oxygen atoms in total. The summed E-state index contributed by atoms with van der Waals surface area (Å²) in [6, 6.07) is 7.55. The third-order valence-electron chi connectivity index (χ3n) is 2.32. The fourth-order valence-corrected chi connectivity index (χ4v) is 1.51. The molecule has 3 N–H and O–H groups in total. The van der Waals surface area contributed by atoms with Crippen molar-refractivity contribution in [3.8, 4) is 0 Å². The van der Waals surface area contributed by atoms with Gasteiger partial charge in [0.1, 0.15) is 17.5 Å². The second-order valence-electron chi connectivity index (χ2n) is 3.59. The summed E-state index contributed by atoms with van der Waals surface area (Å²) in [7, 11) is 0. The van der Waals surface area contributed by atoms with Crippen LogP contribution in [0.3, 0.4) is 0 Å². The normalized spacial score (nSPS) is 10.8. The number of fused-ring (bicyclic) bond motifs is 1. The minimum absolute atomic E-state index is 0.439. The van der Waals surface area contributed by atoms with Crippen LogP contribution >= 0.6 is 0 Å². The number of nitrogens with zero attached hydrogens (tertiary/aromatic N) is 2. The summed E-state index contributed by atoms with van der Waals surface area (Å²) in [5, 5.41) is 6.79. The fraction of sp³-hybridized carbons (Fsp3) is 0.0909. The van der Waals surface area contributed by atoms with Gasteiger partial charge < -0.3 is 20.0 Å². The highest BCUT2D eigenvalue weighted by atomic mass is 16.5. The van der Waals surface area contributed by atoms with Crippen LogP contribution in [0.2, 0.25) is 0 Å². The van der Waals surface area contributed by atoms with Crippen LogP contribution in [0.5, 0.6) is 0 Å². The van der Waals surface area contributed by atoms with Gasteiger partial charge in [0.2, 0.25) is 0 Å². The molecule has 0 atom stereocenters. The summed E-state index contributed by atoms with van der Waals surface area (Å²) in [4.78, 5) is 4.26. The molecule has 2 aromatic heterocycles. The van der Waals surface area contributed by atoms with Gasteiger partial charge in [0.05, 0.1) is 6.54 Å². The molecule has 0 bridgehead atoms. The molecule has 6 heteroatoms. The van der Waals surface area contributed by atoms with E-state index >= 15 is 0 Å². The number of benzene rings is 1. The lowest BCUT2D eigenvalue weighted by Crippen LogP contribution is -1.99. The van der Waals surface area contributed by atoms with E-state index in [1.165, 1.54) is 6.26 Å². The number of hydrogen-bond acceptors (Lipinski definition) is 6. The number of aromatic nitrogens is 2. The van der Waals surface area contributed by atoms with Crippen molar-refractivity contribution in [1.82, 2.24) is 10.1 Å². The SMILES string of the molecule is Nc1ccc2nc(NCc3ccon3)oc2c1. The molecule has 17 heavy (non-hydrogen) atoms. The lowest BCUT2D eigenvalue weighted by molar-refractivity contribution is 0.412.